The molecule has 3 heterocycles. The summed E-state index contributed by atoms with van der Waals surface area (Å²) in [6.07, 6.45) is 2.31. The number of nitrogens with zero attached hydrogens (tertiary/aromatic N) is 3. The van der Waals surface area contributed by atoms with E-state index < -0.39 is 0 Å². The molecule has 3 rings (SSSR count). The van der Waals surface area contributed by atoms with Crippen molar-refractivity contribution >= 4 is 11.8 Å². The molecule has 0 aliphatic carbocycles. The number of carbonyl (C=O) groups excluding carboxylic acids is 2. The van der Waals surface area contributed by atoms with Crippen molar-refractivity contribution in [2.75, 3.05) is 26.2 Å². The Balaban J connectivity index is 1.75. The molecule has 0 aromatic carbocycles. The average molecular weight is 357 g/mol. The van der Waals surface area contributed by atoms with E-state index in [1.54, 1.807) is 18.2 Å². The highest BCUT2D eigenvalue weighted by Crippen LogP contribution is 2.24. The molecule has 5 nitrogen and oxygen atoms in total. The van der Waals surface area contributed by atoms with Gasteiger partial charge in [-0.15, -0.1) is 0 Å². The third-order valence-corrected chi connectivity index (χ3v) is 5.50. The molecule has 0 spiro atoms. The van der Waals surface area contributed by atoms with Crippen molar-refractivity contribution < 1.29 is 9.59 Å². The quantitative estimate of drug-likeness (QED) is 0.816. The normalized spacial score (nSPS) is 29.5. The van der Waals surface area contributed by atoms with Gasteiger partial charge < -0.3 is 9.80 Å². The third kappa shape index (κ3) is 4.25. The van der Waals surface area contributed by atoms with E-state index in [0.717, 1.165) is 39.0 Å². The molecule has 2 fully saturated rings. The number of amides is 2. The van der Waals surface area contributed by atoms with Crippen LogP contribution in [0.2, 0.25) is 0 Å². The van der Waals surface area contributed by atoms with Crippen molar-refractivity contribution in [1.82, 2.24) is 14.8 Å². The number of aromatic nitrogens is 1. The zero-order valence-corrected chi connectivity index (χ0v) is 16.4. The first-order valence-electron chi connectivity index (χ1n) is 9.89. The number of hydrogen-bond acceptors (Lipinski definition) is 3. The van der Waals surface area contributed by atoms with Crippen molar-refractivity contribution in [2.24, 2.45) is 23.7 Å². The fourth-order valence-corrected chi connectivity index (χ4v) is 4.65. The van der Waals surface area contributed by atoms with E-state index in [1.165, 1.54) is 0 Å². The van der Waals surface area contributed by atoms with Crippen molar-refractivity contribution in [3.8, 4) is 0 Å². The van der Waals surface area contributed by atoms with Crippen LogP contribution < -0.4 is 0 Å². The summed E-state index contributed by atoms with van der Waals surface area (Å²) in [6, 6.07) is 5.23. The van der Waals surface area contributed by atoms with Crippen LogP contribution in [0.15, 0.2) is 18.2 Å². The smallest absolute Gasteiger partial charge is 0.272 e. The van der Waals surface area contributed by atoms with Crippen molar-refractivity contribution in [3.05, 3.63) is 29.6 Å². The van der Waals surface area contributed by atoms with E-state index in [4.69, 9.17) is 0 Å². The van der Waals surface area contributed by atoms with E-state index in [0.29, 0.717) is 35.1 Å². The molecule has 1 aromatic heterocycles. The monoisotopic (exact) mass is 357 g/mol. The van der Waals surface area contributed by atoms with Gasteiger partial charge in [0.25, 0.3) is 11.8 Å². The van der Waals surface area contributed by atoms with Crippen LogP contribution >= 0.6 is 0 Å². The molecule has 0 saturated carbocycles. The minimum atomic E-state index is -0.0570. The van der Waals surface area contributed by atoms with Crippen molar-refractivity contribution in [1.29, 1.82) is 0 Å². The second-order valence-electron chi connectivity index (χ2n) is 8.72. The molecule has 5 heteroatoms. The summed E-state index contributed by atoms with van der Waals surface area (Å²) in [6.45, 7) is 11.8. The number of piperidine rings is 2. The summed E-state index contributed by atoms with van der Waals surface area (Å²) < 4.78 is 0. The van der Waals surface area contributed by atoms with Gasteiger partial charge in [0, 0.05) is 26.2 Å². The summed E-state index contributed by atoms with van der Waals surface area (Å²) in [7, 11) is 0. The first-order chi connectivity index (χ1) is 12.3. The predicted octanol–water partition coefficient (Wildman–Crippen LogP) is 3.32. The molecule has 0 bridgehead atoms. The minimum Gasteiger partial charge on any atom is -0.337 e. The van der Waals surface area contributed by atoms with Crippen LogP contribution in [0.4, 0.5) is 0 Å². The molecule has 4 atom stereocenters. The maximum Gasteiger partial charge on any atom is 0.272 e. The van der Waals surface area contributed by atoms with Crippen LogP contribution in [-0.2, 0) is 0 Å². The Labute approximate surface area is 156 Å². The Morgan fingerprint density at radius 2 is 1.12 bits per heavy atom. The van der Waals surface area contributed by atoms with Crippen LogP contribution in [0.5, 0.6) is 0 Å². The average Bonchev–Trinajstić information content (AvgIpc) is 2.59. The SMILES string of the molecule is CC1CC(C)CN(C(=O)c2cccc(C(=O)N3CC(C)CC(C)C3)n2)C1. The van der Waals surface area contributed by atoms with Gasteiger partial charge in [0.1, 0.15) is 11.4 Å². The molecular weight excluding hydrogens is 326 g/mol. The van der Waals surface area contributed by atoms with Gasteiger partial charge in [0.15, 0.2) is 0 Å². The van der Waals surface area contributed by atoms with Gasteiger partial charge in [0.2, 0.25) is 0 Å². The number of rotatable bonds is 2. The maximum atomic E-state index is 12.9. The van der Waals surface area contributed by atoms with E-state index in [2.05, 4.69) is 32.7 Å². The molecule has 26 heavy (non-hydrogen) atoms. The van der Waals surface area contributed by atoms with Gasteiger partial charge in [-0.1, -0.05) is 33.8 Å². The van der Waals surface area contributed by atoms with Crippen molar-refractivity contribution in [3.63, 3.8) is 0 Å². The molecule has 142 valence electrons. The van der Waals surface area contributed by atoms with Gasteiger partial charge in [-0.05, 0) is 48.6 Å². The molecule has 4 unspecified atom stereocenters. The first-order valence-corrected chi connectivity index (χ1v) is 9.89. The van der Waals surface area contributed by atoms with Crippen LogP contribution in [0.25, 0.3) is 0 Å². The first kappa shape index (κ1) is 18.9. The highest BCUT2D eigenvalue weighted by Gasteiger charge is 2.29. The van der Waals surface area contributed by atoms with E-state index in [9.17, 15) is 9.59 Å². The molecule has 2 amide bonds. The minimum absolute atomic E-state index is 0.0570. The standard InChI is InChI=1S/C21H31N3O2/c1-14-8-15(2)11-23(10-14)20(25)18-6-5-7-19(22-18)21(26)24-12-16(3)9-17(4)13-24/h5-7,14-17H,8-13H2,1-4H3. The zero-order chi connectivity index (χ0) is 18.8. The van der Waals surface area contributed by atoms with E-state index in [-0.39, 0.29) is 11.8 Å². The zero-order valence-electron chi connectivity index (χ0n) is 16.4. The van der Waals surface area contributed by atoms with Crippen LogP contribution in [0.1, 0.15) is 61.5 Å². The molecule has 0 radical (unpaired) electrons. The summed E-state index contributed by atoms with van der Waals surface area (Å²) in [5, 5.41) is 0. The van der Waals surface area contributed by atoms with Crippen LogP contribution in [0, 0.1) is 23.7 Å². The van der Waals surface area contributed by atoms with Gasteiger partial charge in [0.05, 0.1) is 0 Å². The Bertz CT molecular complexity index is 602. The number of pyridine rings is 1. The lowest BCUT2D eigenvalue weighted by Crippen LogP contribution is -2.44. The Hall–Kier alpha value is -1.91. The maximum absolute atomic E-state index is 12.9. The fraction of sp³-hybridized carbons (Fsp3) is 0.667. The number of hydrogen-bond donors (Lipinski definition) is 0. The topological polar surface area (TPSA) is 53.5 Å². The Morgan fingerprint density at radius 1 is 0.769 bits per heavy atom. The molecule has 1 aromatic rings. The largest absolute Gasteiger partial charge is 0.337 e. The molecular formula is C21H31N3O2. The Kier molecular flexibility index (Phi) is 5.64. The highest BCUT2D eigenvalue weighted by molar-refractivity contribution is 5.96. The molecule has 2 aliphatic heterocycles. The number of likely N-dealkylation sites (tertiary alicyclic amines) is 2. The van der Waals surface area contributed by atoms with E-state index >= 15 is 0 Å². The van der Waals surface area contributed by atoms with Crippen LogP contribution in [-0.4, -0.2) is 52.8 Å². The lowest BCUT2D eigenvalue weighted by Gasteiger charge is -2.35. The van der Waals surface area contributed by atoms with Gasteiger partial charge >= 0.3 is 0 Å². The van der Waals surface area contributed by atoms with Crippen LogP contribution in [0.3, 0.4) is 0 Å². The van der Waals surface area contributed by atoms with Gasteiger partial charge in [-0.3, -0.25) is 9.59 Å². The third-order valence-electron chi connectivity index (χ3n) is 5.50. The fourth-order valence-electron chi connectivity index (χ4n) is 4.65. The molecule has 2 saturated heterocycles. The van der Waals surface area contributed by atoms with Gasteiger partial charge in [-0.2, -0.15) is 0 Å². The lowest BCUT2D eigenvalue weighted by atomic mass is 9.91. The highest BCUT2D eigenvalue weighted by atomic mass is 16.2. The van der Waals surface area contributed by atoms with Gasteiger partial charge in [-0.25, -0.2) is 4.98 Å². The second-order valence-corrected chi connectivity index (χ2v) is 8.72. The summed E-state index contributed by atoms with van der Waals surface area (Å²) in [5.41, 5.74) is 0.769. The lowest BCUT2D eigenvalue weighted by molar-refractivity contribution is 0.0607. The van der Waals surface area contributed by atoms with Crippen molar-refractivity contribution in [2.45, 2.75) is 40.5 Å². The molecule has 2 aliphatic rings. The summed E-state index contributed by atoms with van der Waals surface area (Å²) in [4.78, 5) is 34.0. The Morgan fingerprint density at radius 3 is 1.46 bits per heavy atom. The molecule has 0 N–H and O–H groups in total. The summed E-state index contributed by atoms with van der Waals surface area (Å²) in [5.74, 6) is 1.90. The summed E-state index contributed by atoms with van der Waals surface area (Å²) >= 11 is 0. The van der Waals surface area contributed by atoms with E-state index in [1.807, 2.05) is 9.80 Å². The second kappa shape index (κ2) is 7.77. The number of carbonyl (C=O) groups is 2. The predicted molar refractivity (Wildman–Crippen MR) is 102 cm³/mol.